The minimum atomic E-state index is -0.519. The van der Waals surface area contributed by atoms with E-state index in [1.165, 1.54) is 19.2 Å². The number of nitro groups is 1. The molecule has 0 saturated carbocycles. The summed E-state index contributed by atoms with van der Waals surface area (Å²) in [6.07, 6.45) is 0.530. The van der Waals surface area contributed by atoms with E-state index in [1.54, 1.807) is 12.1 Å². The van der Waals surface area contributed by atoms with E-state index in [1.807, 2.05) is 0 Å². The van der Waals surface area contributed by atoms with Crippen LogP contribution in [0.2, 0.25) is 0 Å². The molecule has 0 aliphatic rings. The molecule has 0 N–H and O–H groups in total. The van der Waals surface area contributed by atoms with E-state index < -0.39 is 4.92 Å². The van der Waals surface area contributed by atoms with Crippen LogP contribution < -0.4 is 4.90 Å². The average Bonchev–Trinajstić information content (AvgIpc) is 2.16. The van der Waals surface area contributed by atoms with Crippen molar-refractivity contribution in [2.75, 3.05) is 11.9 Å². The molecule has 0 fully saturated rings. The van der Waals surface area contributed by atoms with Crippen LogP contribution in [0.1, 0.15) is 0 Å². The molecule has 0 aliphatic carbocycles. The molecule has 5 nitrogen and oxygen atoms in total. The Morgan fingerprint density at radius 3 is 2.62 bits per heavy atom. The highest BCUT2D eigenvalue weighted by molar-refractivity contribution is 5.79. The van der Waals surface area contributed by atoms with Gasteiger partial charge in [-0.3, -0.25) is 14.9 Å². The molecule has 0 aromatic heterocycles. The standard InChI is InChI=1S/C8H8N2O3/c1-9(6-11)7-4-2-3-5-8(7)10(12)13/h2-6H,1H3. The first-order valence-corrected chi connectivity index (χ1v) is 3.58. The van der Waals surface area contributed by atoms with Gasteiger partial charge in [-0.25, -0.2) is 0 Å². The van der Waals surface area contributed by atoms with Gasteiger partial charge in [0, 0.05) is 13.1 Å². The van der Waals surface area contributed by atoms with Crippen LogP contribution in [0.3, 0.4) is 0 Å². The van der Waals surface area contributed by atoms with Crippen molar-refractivity contribution in [3.8, 4) is 0 Å². The van der Waals surface area contributed by atoms with E-state index in [0.717, 1.165) is 4.90 Å². The van der Waals surface area contributed by atoms with Gasteiger partial charge in [0.05, 0.1) is 4.92 Å². The van der Waals surface area contributed by atoms with Crippen molar-refractivity contribution in [3.05, 3.63) is 34.4 Å². The lowest BCUT2D eigenvalue weighted by Crippen LogP contribution is -2.15. The Morgan fingerprint density at radius 1 is 1.46 bits per heavy atom. The molecular formula is C8H8N2O3. The minimum absolute atomic E-state index is 0.0721. The molecule has 5 heteroatoms. The van der Waals surface area contributed by atoms with Gasteiger partial charge in [-0.05, 0) is 6.07 Å². The Kier molecular flexibility index (Phi) is 2.59. The number of hydrogen-bond donors (Lipinski definition) is 0. The summed E-state index contributed by atoms with van der Waals surface area (Å²) in [6.45, 7) is 0. The minimum Gasteiger partial charge on any atom is -0.312 e. The van der Waals surface area contributed by atoms with Gasteiger partial charge < -0.3 is 4.90 Å². The lowest BCUT2D eigenvalue weighted by atomic mass is 10.2. The molecule has 0 heterocycles. The molecule has 0 unspecified atom stereocenters. The largest absolute Gasteiger partial charge is 0.312 e. The smallest absolute Gasteiger partial charge is 0.292 e. The predicted molar refractivity (Wildman–Crippen MR) is 47.6 cm³/mol. The first-order chi connectivity index (χ1) is 6.16. The average molecular weight is 180 g/mol. The number of anilines is 1. The second-order valence-electron chi connectivity index (χ2n) is 2.46. The molecule has 1 aromatic carbocycles. The molecule has 0 spiro atoms. The van der Waals surface area contributed by atoms with Crippen LogP contribution >= 0.6 is 0 Å². The van der Waals surface area contributed by atoms with Crippen molar-refractivity contribution in [1.29, 1.82) is 0 Å². The van der Waals surface area contributed by atoms with Crippen LogP contribution in [0.4, 0.5) is 11.4 Å². The van der Waals surface area contributed by atoms with Crippen LogP contribution in [-0.2, 0) is 4.79 Å². The topological polar surface area (TPSA) is 63.5 Å². The number of nitrogens with zero attached hydrogens (tertiary/aromatic N) is 2. The molecule has 68 valence electrons. The number of nitro benzene ring substituents is 1. The highest BCUT2D eigenvalue weighted by atomic mass is 16.6. The zero-order valence-corrected chi connectivity index (χ0v) is 7.01. The Balaban J connectivity index is 3.19. The van der Waals surface area contributed by atoms with Crippen LogP contribution in [0, 0.1) is 10.1 Å². The molecule has 0 atom stereocenters. The number of rotatable bonds is 3. The van der Waals surface area contributed by atoms with Crippen LogP contribution in [0.5, 0.6) is 0 Å². The van der Waals surface area contributed by atoms with Gasteiger partial charge in [0.2, 0.25) is 6.41 Å². The predicted octanol–water partition coefficient (Wildman–Crippen LogP) is 1.19. The third kappa shape index (κ3) is 1.81. The van der Waals surface area contributed by atoms with Crippen molar-refractivity contribution in [3.63, 3.8) is 0 Å². The third-order valence-corrected chi connectivity index (χ3v) is 1.62. The second kappa shape index (κ2) is 3.66. The zero-order chi connectivity index (χ0) is 9.84. The normalized spacial score (nSPS) is 9.31. The summed E-state index contributed by atoms with van der Waals surface area (Å²) < 4.78 is 0. The van der Waals surface area contributed by atoms with Gasteiger partial charge in [-0.15, -0.1) is 0 Å². The molecule has 0 saturated heterocycles. The molecule has 0 aliphatic heterocycles. The van der Waals surface area contributed by atoms with Crippen LogP contribution in [0.25, 0.3) is 0 Å². The summed E-state index contributed by atoms with van der Waals surface area (Å²) in [5.41, 5.74) is 0.222. The monoisotopic (exact) mass is 180 g/mol. The summed E-state index contributed by atoms with van der Waals surface area (Å²) in [5.74, 6) is 0. The summed E-state index contributed by atoms with van der Waals surface area (Å²) in [4.78, 5) is 21.5. The summed E-state index contributed by atoms with van der Waals surface area (Å²) in [5, 5.41) is 10.5. The highest BCUT2D eigenvalue weighted by Crippen LogP contribution is 2.25. The van der Waals surface area contributed by atoms with Gasteiger partial charge in [0.15, 0.2) is 0 Å². The van der Waals surface area contributed by atoms with Gasteiger partial charge >= 0.3 is 0 Å². The third-order valence-electron chi connectivity index (χ3n) is 1.62. The van der Waals surface area contributed by atoms with Gasteiger partial charge in [0.25, 0.3) is 5.69 Å². The molecule has 1 rings (SSSR count). The van der Waals surface area contributed by atoms with Crippen molar-refractivity contribution < 1.29 is 9.72 Å². The SMILES string of the molecule is CN(C=O)c1ccccc1[N+](=O)[O-]. The van der Waals surface area contributed by atoms with Crippen LogP contribution in [-0.4, -0.2) is 18.4 Å². The fourth-order valence-electron chi connectivity index (χ4n) is 0.974. The second-order valence-corrected chi connectivity index (χ2v) is 2.46. The summed E-state index contributed by atoms with van der Waals surface area (Å²) in [6, 6.07) is 6.07. The number of benzene rings is 1. The quantitative estimate of drug-likeness (QED) is 0.398. The van der Waals surface area contributed by atoms with E-state index in [9.17, 15) is 14.9 Å². The van der Waals surface area contributed by atoms with Crippen molar-refractivity contribution >= 4 is 17.8 Å². The van der Waals surface area contributed by atoms with E-state index in [-0.39, 0.29) is 5.69 Å². The van der Waals surface area contributed by atoms with Gasteiger partial charge in [0.1, 0.15) is 5.69 Å². The maximum atomic E-state index is 10.5. The summed E-state index contributed by atoms with van der Waals surface area (Å²) >= 11 is 0. The van der Waals surface area contributed by atoms with Gasteiger partial charge in [-0.1, -0.05) is 12.1 Å². The molecule has 0 radical (unpaired) electrons. The fourth-order valence-corrected chi connectivity index (χ4v) is 0.974. The Labute approximate surface area is 74.7 Å². The molecule has 1 amide bonds. The number of amides is 1. The Hall–Kier alpha value is -1.91. The number of para-hydroxylation sites is 2. The van der Waals surface area contributed by atoms with E-state index in [0.29, 0.717) is 12.1 Å². The van der Waals surface area contributed by atoms with Crippen LogP contribution in [0.15, 0.2) is 24.3 Å². The van der Waals surface area contributed by atoms with E-state index >= 15 is 0 Å². The lowest BCUT2D eigenvalue weighted by Gasteiger charge is -2.09. The number of hydrogen-bond acceptors (Lipinski definition) is 3. The first kappa shape index (κ1) is 9.18. The van der Waals surface area contributed by atoms with E-state index in [2.05, 4.69) is 0 Å². The molecule has 13 heavy (non-hydrogen) atoms. The maximum Gasteiger partial charge on any atom is 0.292 e. The maximum absolute atomic E-state index is 10.5. The Morgan fingerprint density at radius 2 is 2.08 bits per heavy atom. The highest BCUT2D eigenvalue weighted by Gasteiger charge is 2.14. The first-order valence-electron chi connectivity index (χ1n) is 3.58. The number of carbonyl (C=O) groups is 1. The zero-order valence-electron chi connectivity index (χ0n) is 7.01. The fraction of sp³-hybridized carbons (Fsp3) is 0.125. The number of carbonyl (C=O) groups excluding carboxylic acids is 1. The van der Waals surface area contributed by atoms with Gasteiger partial charge in [-0.2, -0.15) is 0 Å². The molecule has 0 bridgehead atoms. The van der Waals surface area contributed by atoms with Crippen molar-refractivity contribution in [2.24, 2.45) is 0 Å². The molecular weight excluding hydrogens is 172 g/mol. The van der Waals surface area contributed by atoms with Crippen molar-refractivity contribution in [1.82, 2.24) is 0 Å². The van der Waals surface area contributed by atoms with E-state index in [4.69, 9.17) is 0 Å². The summed E-state index contributed by atoms with van der Waals surface area (Å²) in [7, 11) is 1.47. The Bertz CT molecular complexity index is 338. The molecule has 1 aromatic rings. The lowest BCUT2D eigenvalue weighted by molar-refractivity contribution is -0.384. The van der Waals surface area contributed by atoms with Crippen molar-refractivity contribution in [2.45, 2.75) is 0 Å².